The van der Waals surface area contributed by atoms with Gasteiger partial charge in [0.25, 0.3) is 0 Å². The Bertz CT molecular complexity index is 565. The van der Waals surface area contributed by atoms with E-state index in [9.17, 15) is 9.90 Å². The number of carbonyl (C=O) groups excluding carboxylic acids is 1. The van der Waals surface area contributed by atoms with Crippen LogP contribution in [0.15, 0.2) is 30.3 Å². The number of para-hydroxylation sites is 1. The number of amides is 2. The molecule has 5 heteroatoms. The summed E-state index contributed by atoms with van der Waals surface area (Å²) < 4.78 is 0. The van der Waals surface area contributed by atoms with Gasteiger partial charge in [-0.2, -0.15) is 0 Å². The Kier molecular flexibility index (Phi) is 4.35. The van der Waals surface area contributed by atoms with Crippen LogP contribution in [0.1, 0.15) is 38.5 Å². The van der Waals surface area contributed by atoms with Gasteiger partial charge < -0.3 is 20.2 Å². The number of aliphatic hydroxyl groups excluding tert-OH is 1. The molecule has 3 aliphatic rings. The van der Waals surface area contributed by atoms with E-state index in [2.05, 4.69) is 34.5 Å². The van der Waals surface area contributed by atoms with Crippen molar-refractivity contribution >= 4 is 11.7 Å². The van der Waals surface area contributed by atoms with Crippen molar-refractivity contribution in [1.82, 2.24) is 10.2 Å². The molecule has 3 fully saturated rings. The summed E-state index contributed by atoms with van der Waals surface area (Å²) in [5, 5.41) is 13.2. The normalized spacial score (nSPS) is 32.7. The van der Waals surface area contributed by atoms with Gasteiger partial charge in [-0.3, -0.25) is 0 Å². The molecule has 0 aromatic heterocycles. The lowest BCUT2D eigenvalue weighted by atomic mass is 10.00. The summed E-state index contributed by atoms with van der Waals surface area (Å²) in [5.41, 5.74) is 1.23. The number of hydrogen-bond acceptors (Lipinski definition) is 3. The van der Waals surface area contributed by atoms with Gasteiger partial charge in [0, 0.05) is 36.9 Å². The molecule has 0 saturated carbocycles. The van der Waals surface area contributed by atoms with Gasteiger partial charge in [0.1, 0.15) is 0 Å². The van der Waals surface area contributed by atoms with Crippen LogP contribution in [0.2, 0.25) is 0 Å². The van der Waals surface area contributed by atoms with Crippen LogP contribution in [0.25, 0.3) is 0 Å². The molecular weight excluding hydrogens is 302 g/mol. The topological polar surface area (TPSA) is 55.8 Å². The van der Waals surface area contributed by atoms with Gasteiger partial charge >= 0.3 is 6.03 Å². The number of piperidine rings is 2. The van der Waals surface area contributed by atoms with Crippen molar-refractivity contribution < 1.29 is 9.90 Å². The first-order valence-corrected chi connectivity index (χ1v) is 9.27. The summed E-state index contributed by atoms with van der Waals surface area (Å²) in [5.74, 6) is 0. The fourth-order valence-corrected chi connectivity index (χ4v) is 4.70. The molecule has 3 saturated heterocycles. The summed E-state index contributed by atoms with van der Waals surface area (Å²) in [4.78, 5) is 17.2. The quantitative estimate of drug-likeness (QED) is 0.876. The molecule has 5 nitrogen and oxygen atoms in total. The molecule has 1 aromatic carbocycles. The van der Waals surface area contributed by atoms with E-state index in [1.807, 2.05) is 11.0 Å². The van der Waals surface area contributed by atoms with E-state index < -0.39 is 0 Å². The van der Waals surface area contributed by atoms with E-state index in [0.717, 1.165) is 51.6 Å². The van der Waals surface area contributed by atoms with Crippen molar-refractivity contribution in [2.45, 2.75) is 62.8 Å². The first kappa shape index (κ1) is 15.8. The second-order valence-electron chi connectivity index (χ2n) is 7.49. The number of carbonyl (C=O) groups is 1. The largest absolute Gasteiger partial charge is 0.393 e. The van der Waals surface area contributed by atoms with Gasteiger partial charge in [0.15, 0.2) is 0 Å². The molecule has 1 aromatic rings. The highest BCUT2D eigenvalue weighted by Crippen LogP contribution is 2.35. The van der Waals surface area contributed by atoms with Crippen molar-refractivity contribution in [2.24, 2.45) is 0 Å². The Morgan fingerprint density at radius 3 is 2.50 bits per heavy atom. The first-order valence-electron chi connectivity index (χ1n) is 9.27. The maximum Gasteiger partial charge on any atom is 0.318 e. The minimum absolute atomic E-state index is 0.0781. The summed E-state index contributed by atoms with van der Waals surface area (Å²) in [6.45, 7) is 1.93. The number of fused-ring (bicyclic) bond motifs is 2. The SMILES string of the molecule is O=C(N[C@H]1CCCN(c2ccccc2)C1)N1[C@H]2CC[C@H]1CC(O)C2. The number of benzene rings is 1. The second-order valence-corrected chi connectivity index (χ2v) is 7.49. The monoisotopic (exact) mass is 329 g/mol. The average Bonchev–Trinajstić information content (AvgIpc) is 2.88. The third-order valence-electron chi connectivity index (χ3n) is 5.81. The van der Waals surface area contributed by atoms with Crippen LogP contribution >= 0.6 is 0 Å². The van der Waals surface area contributed by atoms with E-state index >= 15 is 0 Å². The molecular formula is C19H27N3O2. The predicted molar refractivity (Wildman–Crippen MR) is 94.1 cm³/mol. The van der Waals surface area contributed by atoms with E-state index in [1.165, 1.54) is 5.69 Å². The van der Waals surface area contributed by atoms with E-state index in [0.29, 0.717) is 0 Å². The van der Waals surface area contributed by atoms with E-state index in [1.54, 1.807) is 0 Å². The van der Waals surface area contributed by atoms with Gasteiger partial charge in [-0.15, -0.1) is 0 Å². The van der Waals surface area contributed by atoms with Gasteiger partial charge in [-0.05, 0) is 50.7 Å². The molecule has 2 amide bonds. The van der Waals surface area contributed by atoms with Crippen LogP contribution in [-0.4, -0.2) is 53.4 Å². The summed E-state index contributed by atoms with van der Waals surface area (Å²) in [6.07, 6.45) is 5.47. The number of hydrogen-bond donors (Lipinski definition) is 2. The van der Waals surface area contributed by atoms with Gasteiger partial charge in [-0.1, -0.05) is 18.2 Å². The second kappa shape index (κ2) is 6.63. The third kappa shape index (κ3) is 3.09. The Balaban J connectivity index is 1.38. The predicted octanol–water partition coefficient (Wildman–Crippen LogP) is 2.35. The first-order chi connectivity index (χ1) is 11.7. The van der Waals surface area contributed by atoms with Crippen LogP contribution in [0.4, 0.5) is 10.5 Å². The maximum atomic E-state index is 12.8. The highest BCUT2D eigenvalue weighted by Gasteiger charge is 2.43. The molecule has 0 unspecified atom stereocenters. The summed E-state index contributed by atoms with van der Waals surface area (Å²) in [6, 6.07) is 11.2. The highest BCUT2D eigenvalue weighted by molar-refractivity contribution is 5.76. The molecule has 130 valence electrons. The zero-order valence-corrected chi connectivity index (χ0v) is 14.1. The lowest BCUT2D eigenvalue weighted by Crippen LogP contribution is -2.56. The number of urea groups is 1. The molecule has 3 heterocycles. The van der Waals surface area contributed by atoms with Crippen molar-refractivity contribution in [3.63, 3.8) is 0 Å². The van der Waals surface area contributed by atoms with Gasteiger partial charge in [-0.25, -0.2) is 4.79 Å². The van der Waals surface area contributed by atoms with Crippen LogP contribution in [0, 0.1) is 0 Å². The Hall–Kier alpha value is -1.75. The maximum absolute atomic E-state index is 12.8. The number of anilines is 1. The third-order valence-corrected chi connectivity index (χ3v) is 5.81. The molecule has 24 heavy (non-hydrogen) atoms. The van der Waals surface area contributed by atoms with Gasteiger partial charge in [0.05, 0.1) is 6.10 Å². The molecule has 3 aliphatic heterocycles. The molecule has 3 atom stereocenters. The van der Waals surface area contributed by atoms with Crippen LogP contribution in [-0.2, 0) is 0 Å². The smallest absolute Gasteiger partial charge is 0.318 e. The number of nitrogens with zero attached hydrogens (tertiary/aromatic N) is 2. The Morgan fingerprint density at radius 2 is 1.79 bits per heavy atom. The molecule has 0 spiro atoms. The summed E-state index contributed by atoms with van der Waals surface area (Å²) in [7, 11) is 0. The van der Waals surface area contributed by atoms with Gasteiger partial charge in [0.2, 0.25) is 0 Å². The fraction of sp³-hybridized carbons (Fsp3) is 0.632. The molecule has 2 bridgehead atoms. The lowest BCUT2D eigenvalue weighted by molar-refractivity contribution is 0.0533. The molecule has 2 N–H and O–H groups in total. The van der Waals surface area contributed by atoms with E-state index in [4.69, 9.17) is 0 Å². The number of aliphatic hydroxyl groups is 1. The molecule has 0 radical (unpaired) electrons. The fourth-order valence-electron chi connectivity index (χ4n) is 4.70. The van der Waals surface area contributed by atoms with Crippen molar-refractivity contribution in [3.8, 4) is 0 Å². The Morgan fingerprint density at radius 1 is 1.08 bits per heavy atom. The van der Waals surface area contributed by atoms with Crippen molar-refractivity contribution in [3.05, 3.63) is 30.3 Å². The van der Waals surface area contributed by atoms with Crippen molar-refractivity contribution in [2.75, 3.05) is 18.0 Å². The van der Waals surface area contributed by atoms with Crippen LogP contribution in [0.5, 0.6) is 0 Å². The Labute approximate surface area is 143 Å². The molecule has 0 aliphatic carbocycles. The zero-order valence-electron chi connectivity index (χ0n) is 14.1. The van der Waals surface area contributed by atoms with Crippen molar-refractivity contribution in [1.29, 1.82) is 0 Å². The average molecular weight is 329 g/mol. The van der Waals surface area contributed by atoms with E-state index in [-0.39, 0.29) is 30.3 Å². The minimum atomic E-state index is -0.227. The van der Waals surface area contributed by atoms with Crippen LogP contribution < -0.4 is 10.2 Å². The molecule has 4 rings (SSSR count). The lowest BCUT2D eigenvalue weighted by Gasteiger charge is -2.40. The van der Waals surface area contributed by atoms with Crippen LogP contribution in [0.3, 0.4) is 0 Å². The number of nitrogens with one attached hydrogen (secondary N) is 1. The highest BCUT2D eigenvalue weighted by atomic mass is 16.3. The zero-order chi connectivity index (χ0) is 16.5. The summed E-state index contributed by atoms with van der Waals surface area (Å²) >= 11 is 0. The number of rotatable bonds is 2. The minimum Gasteiger partial charge on any atom is -0.393 e. The standard InChI is InChI=1S/C19H27N3O2/c23-18-11-16-8-9-17(12-18)22(16)19(24)20-14-5-4-10-21(13-14)15-6-2-1-3-7-15/h1-3,6-7,14,16-18,23H,4-5,8-13H2,(H,20,24)/t14-,16-,17-/m0/s1.